The zero-order valence-electron chi connectivity index (χ0n) is 9.60. The summed E-state index contributed by atoms with van der Waals surface area (Å²) in [5.41, 5.74) is 0. The van der Waals surface area contributed by atoms with Crippen LogP contribution in [0.3, 0.4) is 0 Å². The van der Waals surface area contributed by atoms with E-state index in [0.29, 0.717) is 6.04 Å². The van der Waals surface area contributed by atoms with E-state index in [1.165, 1.54) is 19.3 Å². The minimum Gasteiger partial charge on any atom is -0.385 e. The lowest BCUT2D eigenvalue weighted by Crippen LogP contribution is -2.24. The first-order valence-electron chi connectivity index (χ1n) is 5.39. The molecule has 2 nitrogen and oxygen atoms in total. The van der Waals surface area contributed by atoms with E-state index in [1.54, 1.807) is 7.11 Å². The van der Waals surface area contributed by atoms with Crippen LogP contribution in [0.15, 0.2) is 0 Å². The molecule has 1 N–H and O–H groups in total. The van der Waals surface area contributed by atoms with Crippen LogP contribution in [0.4, 0.5) is 0 Å². The van der Waals surface area contributed by atoms with Crippen LogP contribution in [0.2, 0.25) is 0 Å². The van der Waals surface area contributed by atoms with Crippen molar-refractivity contribution in [3.8, 4) is 0 Å². The molecular formula is C11H25NO. The van der Waals surface area contributed by atoms with Crippen LogP contribution < -0.4 is 5.32 Å². The van der Waals surface area contributed by atoms with Crippen molar-refractivity contribution in [1.29, 1.82) is 0 Å². The Kier molecular flexibility index (Phi) is 8.46. The molecule has 0 rings (SSSR count). The molecule has 0 aliphatic carbocycles. The molecule has 0 heterocycles. The van der Waals surface area contributed by atoms with Crippen LogP contribution in [0.1, 0.15) is 40.0 Å². The van der Waals surface area contributed by atoms with E-state index in [9.17, 15) is 0 Å². The van der Waals surface area contributed by atoms with Gasteiger partial charge in [0.05, 0.1) is 0 Å². The standard InChI is InChI=1S/C11H25NO/c1-10(2)12-8-7-11(3)6-5-9-13-4/h10-12H,5-9H2,1-4H3. The van der Waals surface area contributed by atoms with Crippen molar-refractivity contribution in [3.63, 3.8) is 0 Å². The summed E-state index contributed by atoms with van der Waals surface area (Å²) in [7, 11) is 1.77. The first-order chi connectivity index (χ1) is 6.16. The number of hydrogen-bond donors (Lipinski definition) is 1. The fourth-order valence-electron chi connectivity index (χ4n) is 1.34. The van der Waals surface area contributed by atoms with Crippen LogP contribution >= 0.6 is 0 Å². The molecule has 0 spiro atoms. The Balaban J connectivity index is 3.15. The molecule has 80 valence electrons. The molecule has 0 aromatic rings. The summed E-state index contributed by atoms with van der Waals surface area (Å²) >= 11 is 0. The first-order valence-corrected chi connectivity index (χ1v) is 5.39. The van der Waals surface area contributed by atoms with Gasteiger partial charge in [-0.2, -0.15) is 0 Å². The van der Waals surface area contributed by atoms with Gasteiger partial charge in [-0.3, -0.25) is 0 Å². The Morgan fingerprint density at radius 2 is 1.85 bits per heavy atom. The zero-order chi connectivity index (χ0) is 10.1. The molecule has 0 aliphatic rings. The topological polar surface area (TPSA) is 21.3 Å². The molecule has 0 saturated heterocycles. The van der Waals surface area contributed by atoms with Gasteiger partial charge in [-0.05, 0) is 31.7 Å². The predicted octanol–water partition coefficient (Wildman–Crippen LogP) is 2.44. The Labute approximate surface area is 83.1 Å². The summed E-state index contributed by atoms with van der Waals surface area (Å²) < 4.78 is 5.02. The number of nitrogens with one attached hydrogen (secondary N) is 1. The second-order valence-electron chi connectivity index (χ2n) is 4.14. The smallest absolute Gasteiger partial charge is 0.0462 e. The summed E-state index contributed by atoms with van der Waals surface area (Å²) in [6.45, 7) is 8.75. The molecule has 1 atom stereocenters. The van der Waals surface area contributed by atoms with Gasteiger partial charge in [-0.25, -0.2) is 0 Å². The third-order valence-electron chi connectivity index (χ3n) is 2.24. The summed E-state index contributed by atoms with van der Waals surface area (Å²) in [6.07, 6.45) is 3.76. The van der Waals surface area contributed by atoms with Crippen molar-refractivity contribution in [2.45, 2.75) is 46.1 Å². The van der Waals surface area contributed by atoms with E-state index in [2.05, 4.69) is 26.1 Å². The lowest BCUT2D eigenvalue weighted by atomic mass is 10.0. The summed E-state index contributed by atoms with van der Waals surface area (Å²) in [4.78, 5) is 0. The monoisotopic (exact) mass is 187 g/mol. The van der Waals surface area contributed by atoms with Gasteiger partial charge >= 0.3 is 0 Å². The number of hydrogen-bond acceptors (Lipinski definition) is 2. The van der Waals surface area contributed by atoms with Crippen LogP contribution in [-0.4, -0.2) is 26.3 Å². The average molecular weight is 187 g/mol. The normalized spacial score (nSPS) is 13.6. The number of rotatable bonds is 8. The minimum atomic E-state index is 0.617. The second-order valence-corrected chi connectivity index (χ2v) is 4.14. The lowest BCUT2D eigenvalue weighted by Gasteiger charge is -2.13. The average Bonchev–Trinajstić information content (AvgIpc) is 2.04. The molecule has 0 amide bonds. The third-order valence-corrected chi connectivity index (χ3v) is 2.24. The maximum absolute atomic E-state index is 5.02. The van der Waals surface area contributed by atoms with Gasteiger partial charge in [-0.1, -0.05) is 20.8 Å². The third kappa shape index (κ3) is 9.84. The van der Waals surface area contributed by atoms with E-state index < -0.39 is 0 Å². The largest absolute Gasteiger partial charge is 0.385 e. The van der Waals surface area contributed by atoms with Gasteiger partial charge in [0.1, 0.15) is 0 Å². The van der Waals surface area contributed by atoms with Gasteiger partial charge in [0, 0.05) is 19.8 Å². The molecular weight excluding hydrogens is 162 g/mol. The van der Waals surface area contributed by atoms with Crippen LogP contribution in [0, 0.1) is 5.92 Å². The highest BCUT2D eigenvalue weighted by Crippen LogP contribution is 2.09. The summed E-state index contributed by atoms with van der Waals surface area (Å²) in [5.74, 6) is 0.821. The van der Waals surface area contributed by atoms with Crippen molar-refractivity contribution in [3.05, 3.63) is 0 Å². The van der Waals surface area contributed by atoms with E-state index in [0.717, 1.165) is 19.1 Å². The van der Waals surface area contributed by atoms with Crippen LogP contribution in [0.25, 0.3) is 0 Å². The molecule has 0 aromatic carbocycles. The fourth-order valence-corrected chi connectivity index (χ4v) is 1.34. The lowest BCUT2D eigenvalue weighted by molar-refractivity contribution is 0.187. The quantitative estimate of drug-likeness (QED) is 0.589. The Morgan fingerprint density at radius 1 is 1.15 bits per heavy atom. The Hall–Kier alpha value is -0.0800. The highest BCUT2D eigenvalue weighted by atomic mass is 16.5. The summed E-state index contributed by atoms with van der Waals surface area (Å²) in [6, 6.07) is 0.617. The fraction of sp³-hybridized carbons (Fsp3) is 1.00. The molecule has 0 aromatic heterocycles. The van der Waals surface area contributed by atoms with E-state index in [4.69, 9.17) is 4.74 Å². The van der Waals surface area contributed by atoms with Gasteiger partial charge in [0.25, 0.3) is 0 Å². The summed E-state index contributed by atoms with van der Waals surface area (Å²) in [5, 5.41) is 3.44. The maximum atomic E-state index is 5.02. The second kappa shape index (κ2) is 8.52. The highest BCUT2D eigenvalue weighted by Gasteiger charge is 2.01. The van der Waals surface area contributed by atoms with E-state index in [1.807, 2.05) is 0 Å². The predicted molar refractivity (Wildman–Crippen MR) is 58.0 cm³/mol. The minimum absolute atomic E-state index is 0.617. The van der Waals surface area contributed by atoms with E-state index >= 15 is 0 Å². The van der Waals surface area contributed by atoms with Crippen molar-refractivity contribution in [2.24, 2.45) is 5.92 Å². The molecule has 0 radical (unpaired) electrons. The molecule has 0 bridgehead atoms. The Morgan fingerprint density at radius 3 is 2.38 bits per heavy atom. The Bertz CT molecular complexity index is 104. The molecule has 13 heavy (non-hydrogen) atoms. The van der Waals surface area contributed by atoms with Crippen molar-refractivity contribution in [1.82, 2.24) is 5.32 Å². The van der Waals surface area contributed by atoms with Gasteiger partial charge in [0.15, 0.2) is 0 Å². The van der Waals surface area contributed by atoms with Gasteiger partial charge in [0.2, 0.25) is 0 Å². The van der Waals surface area contributed by atoms with Gasteiger partial charge in [-0.15, -0.1) is 0 Å². The highest BCUT2D eigenvalue weighted by molar-refractivity contribution is 4.58. The van der Waals surface area contributed by atoms with Crippen molar-refractivity contribution < 1.29 is 4.74 Å². The molecule has 0 fully saturated rings. The zero-order valence-corrected chi connectivity index (χ0v) is 9.60. The maximum Gasteiger partial charge on any atom is 0.0462 e. The number of methoxy groups -OCH3 is 1. The first kappa shape index (κ1) is 12.9. The van der Waals surface area contributed by atoms with Gasteiger partial charge < -0.3 is 10.1 Å². The van der Waals surface area contributed by atoms with Crippen molar-refractivity contribution >= 4 is 0 Å². The van der Waals surface area contributed by atoms with E-state index in [-0.39, 0.29) is 0 Å². The van der Waals surface area contributed by atoms with Crippen LogP contribution in [-0.2, 0) is 4.74 Å². The molecule has 1 unspecified atom stereocenters. The number of ether oxygens (including phenoxy) is 1. The SMILES string of the molecule is COCCCC(C)CCNC(C)C. The van der Waals surface area contributed by atoms with Crippen molar-refractivity contribution in [2.75, 3.05) is 20.3 Å². The van der Waals surface area contributed by atoms with Crippen LogP contribution in [0.5, 0.6) is 0 Å². The molecule has 2 heteroatoms. The molecule has 0 saturated carbocycles. The molecule has 0 aliphatic heterocycles.